The Morgan fingerprint density at radius 3 is 2.89 bits per heavy atom. The maximum atomic E-state index is 12.1. The first-order chi connectivity index (χ1) is 8.58. The molecule has 1 aromatic carbocycles. The first-order valence-corrected chi connectivity index (χ1v) is 6.43. The Kier molecular flexibility index (Phi) is 3.99. The van der Waals surface area contributed by atoms with Crippen molar-refractivity contribution in [2.24, 2.45) is 0 Å². The average molecular weight is 326 g/mol. The van der Waals surface area contributed by atoms with E-state index in [0.29, 0.717) is 16.4 Å². The number of nitrogens with zero attached hydrogens (tertiary/aromatic N) is 1. The second-order valence-electron chi connectivity index (χ2n) is 3.75. The second kappa shape index (κ2) is 5.50. The third kappa shape index (κ3) is 2.89. The van der Waals surface area contributed by atoms with Crippen LogP contribution in [0.5, 0.6) is 0 Å². The van der Waals surface area contributed by atoms with E-state index in [4.69, 9.17) is 11.6 Å². The summed E-state index contributed by atoms with van der Waals surface area (Å²) in [4.78, 5) is 16.1. The largest absolute Gasteiger partial charge is 0.320 e. The molecule has 0 spiro atoms. The number of hydrogen-bond acceptors (Lipinski definition) is 2. The molecule has 0 aliphatic heterocycles. The first-order valence-electron chi connectivity index (χ1n) is 5.26. The van der Waals surface area contributed by atoms with Crippen LogP contribution >= 0.6 is 27.5 Å². The van der Waals surface area contributed by atoms with Crippen molar-refractivity contribution in [2.45, 2.75) is 6.92 Å². The molecule has 1 amide bonds. The summed E-state index contributed by atoms with van der Waals surface area (Å²) < 4.78 is 0.772. The van der Waals surface area contributed by atoms with Crippen molar-refractivity contribution in [3.8, 4) is 0 Å². The smallest absolute Gasteiger partial charge is 0.274 e. The Morgan fingerprint density at radius 1 is 1.39 bits per heavy atom. The van der Waals surface area contributed by atoms with Crippen LogP contribution < -0.4 is 5.32 Å². The monoisotopic (exact) mass is 324 g/mol. The zero-order chi connectivity index (χ0) is 13.1. The summed E-state index contributed by atoms with van der Waals surface area (Å²) in [6, 6.07) is 8.84. The summed E-state index contributed by atoms with van der Waals surface area (Å²) in [5.41, 5.74) is 1.86. The molecule has 1 aromatic heterocycles. The quantitative estimate of drug-likeness (QED) is 0.905. The molecule has 0 aliphatic carbocycles. The van der Waals surface area contributed by atoms with Crippen LogP contribution in [0.15, 0.2) is 41.0 Å². The van der Waals surface area contributed by atoms with Crippen molar-refractivity contribution in [1.29, 1.82) is 0 Å². The molecule has 0 fully saturated rings. The third-order valence-corrected chi connectivity index (χ3v) is 3.33. The van der Waals surface area contributed by atoms with Crippen molar-refractivity contribution in [3.05, 3.63) is 57.3 Å². The molecule has 1 heterocycles. The van der Waals surface area contributed by atoms with Crippen LogP contribution in [-0.4, -0.2) is 10.9 Å². The molecule has 0 saturated carbocycles. The normalized spacial score (nSPS) is 10.2. The highest BCUT2D eigenvalue weighted by Crippen LogP contribution is 2.26. The minimum absolute atomic E-state index is 0.254. The zero-order valence-corrected chi connectivity index (χ0v) is 11.9. The van der Waals surface area contributed by atoms with E-state index in [1.54, 1.807) is 30.5 Å². The van der Waals surface area contributed by atoms with Gasteiger partial charge in [-0.2, -0.15) is 0 Å². The summed E-state index contributed by atoms with van der Waals surface area (Å²) in [6.07, 6.45) is 1.59. The van der Waals surface area contributed by atoms with Crippen molar-refractivity contribution in [3.63, 3.8) is 0 Å². The van der Waals surface area contributed by atoms with Crippen LogP contribution in [0.4, 0.5) is 5.69 Å². The van der Waals surface area contributed by atoms with Crippen molar-refractivity contribution >= 4 is 39.1 Å². The number of aryl methyl sites for hydroxylation is 1. The lowest BCUT2D eigenvalue weighted by Gasteiger charge is -2.08. The van der Waals surface area contributed by atoms with Gasteiger partial charge in [0, 0.05) is 15.7 Å². The Balaban J connectivity index is 2.27. The summed E-state index contributed by atoms with van der Waals surface area (Å²) in [7, 11) is 0. The molecular weight excluding hydrogens is 316 g/mol. The maximum Gasteiger partial charge on any atom is 0.274 e. The van der Waals surface area contributed by atoms with Crippen LogP contribution in [0, 0.1) is 6.92 Å². The molecule has 0 unspecified atom stereocenters. The van der Waals surface area contributed by atoms with E-state index in [1.165, 1.54) is 0 Å². The van der Waals surface area contributed by atoms with Crippen LogP contribution in [0.3, 0.4) is 0 Å². The molecule has 1 N–H and O–H groups in total. The van der Waals surface area contributed by atoms with Crippen molar-refractivity contribution in [2.75, 3.05) is 5.32 Å². The third-order valence-electron chi connectivity index (χ3n) is 2.40. The van der Waals surface area contributed by atoms with Crippen LogP contribution in [0.2, 0.25) is 5.02 Å². The van der Waals surface area contributed by atoms with Gasteiger partial charge in [0.2, 0.25) is 0 Å². The standard InChI is InChI=1S/C13H10BrClN2O/c1-8-3-2-6-16-12(8)13(18)17-11-7-9(15)4-5-10(11)14/h2-7H,1H3,(H,17,18). The molecule has 0 bridgehead atoms. The van der Waals surface area contributed by atoms with Gasteiger partial charge in [0.1, 0.15) is 5.69 Å². The number of rotatable bonds is 2. The predicted molar refractivity (Wildman–Crippen MR) is 76.1 cm³/mol. The van der Waals surface area contributed by atoms with E-state index < -0.39 is 0 Å². The molecule has 5 heteroatoms. The SMILES string of the molecule is Cc1cccnc1C(=O)Nc1cc(Cl)ccc1Br. The lowest BCUT2D eigenvalue weighted by molar-refractivity contribution is 0.102. The van der Waals surface area contributed by atoms with Crippen LogP contribution in [0.1, 0.15) is 16.1 Å². The van der Waals surface area contributed by atoms with Gasteiger partial charge in [-0.15, -0.1) is 0 Å². The van der Waals surface area contributed by atoms with Gasteiger partial charge in [-0.05, 0) is 52.7 Å². The fourth-order valence-electron chi connectivity index (χ4n) is 1.50. The number of amides is 1. The highest BCUT2D eigenvalue weighted by molar-refractivity contribution is 9.10. The van der Waals surface area contributed by atoms with Gasteiger partial charge in [0.15, 0.2) is 0 Å². The van der Waals surface area contributed by atoms with Gasteiger partial charge in [-0.3, -0.25) is 9.78 Å². The molecule has 0 radical (unpaired) electrons. The Hall–Kier alpha value is -1.39. The minimum atomic E-state index is -0.254. The van der Waals surface area contributed by atoms with Crippen LogP contribution in [-0.2, 0) is 0 Å². The van der Waals surface area contributed by atoms with Gasteiger partial charge in [-0.1, -0.05) is 17.7 Å². The van der Waals surface area contributed by atoms with Crippen LogP contribution in [0.25, 0.3) is 0 Å². The number of aromatic nitrogens is 1. The van der Waals surface area contributed by atoms with E-state index in [0.717, 1.165) is 10.0 Å². The number of carbonyl (C=O) groups excluding carboxylic acids is 1. The number of anilines is 1. The van der Waals surface area contributed by atoms with E-state index in [2.05, 4.69) is 26.2 Å². The number of nitrogens with one attached hydrogen (secondary N) is 1. The Morgan fingerprint density at radius 2 is 2.17 bits per heavy atom. The van der Waals surface area contributed by atoms with Gasteiger partial charge in [0.25, 0.3) is 5.91 Å². The number of halogens is 2. The highest BCUT2D eigenvalue weighted by atomic mass is 79.9. The van der Waals surface area contributed by atoms with Gasteiger partial charge < -0.3 is 5.32 Å². The first kappa shape index (κ1) is 13.1. The number of pyridine rings is 1. The Labute approximate surface area is 118 Å². The predicted octanol–water partition coefficient (Wildman–Crippen LogP) is 4.06. The summed E-state index contributed by atoms with van der Waals surface area (Å²) in [5.74, 6) is -0.254. The molecule has 2 aromatic rings. The van der Waals surface area contributed by atoms with Gasteiger partial charge in [-0.25, -0.2) is 0 Å². The fourth-order valence-corrected chi connectivity index (χ4v) is 2.02. The summed E-state index contributed by atoms with van der Waals surface area (Å²) in [6.45, 7) is 1.84. The molecule has 0 aliphatic rings. The molecular formula is C13H10BrClN2O. The van der Waals surface area contributed by atoms with Gasteiger partial charge in [0.05, 0.1) is 5.69 Å². The molecule has 3 nitrogen and oxygen atoms in total. The topological polar surface area (TPSA) is 42.0 Å². The molecule has 2 rings (SSSR count). The minimum Gasteiger partial charge on any atom is -0.320 e. The molecule has 18 heavy (non-hydrogen) atoms. The van der Waals surface area contributed by atoms with E-state index in [1.807, 2.05) is 13.0 Å². The summed E-state index contributed by atoms with van der Waals surface area (Å²) >= 11 is 9.25. The summed E-state index contributed by atoms with van der Waals surface area (Å²) in [5, 5.41) is 3.34. The molecule has 92 valence electrons. The lowest BCUT2D eigenvalue weighted by Crippen LogP contribution is -2.15. The second-order valence-corrected chi connectivity index (χ2v) is 5.04. The zero-order valence-electron chi connectivity index (χ0n) is 9.58. The maximum absolute atomic E-state index is 12.1. The Bertz CT molecular complexity index is 601. The fraction of sp³-hybridized carbons (Fsp3) is 0.0769. The number of carbonyl (C=O) groups is 1. The molecule has 0 atom stereocenters. The average Bonchev–Trinajstić information content (AvgIpc) is 2.34. The highest BCUT2D eigenvalue weighted by Gasteiger charge is 2.12. The lowest BCUT2D eigenvalue weighted by atomic mass is 10.2. The van der Waals surface area contributed by atoms with Crippen molar-refractivity contribution in [1.82, 2.24) is 4.98 Å². The van der Waals surface area contributed by atoms with E-state index in [9.17, 15) is 4.79 Å². The molecule has 0 saturated heterocycles. The number of benzene rings is 1. The number of hydrogen-bond donors (Lipinski definition) is 1. The van der Waals surface area contributed by atoms with E-state index >= 15 is 0 Å². The van der Waals surface area contributed by atoms with Crippen molar-refractivity contribution < 1.29 is 4.79 Å². The van der Waals surface area contributed by atoms with E-state index in [-0.39, 0.29) is 5.91 Å². The van der Waals surface area contributed by atoms with Gasteiger partial charge >= 0.3 is 0 Å².